The molecule has 8 heteroatoms. The van der Waals surface area contributed by atoms with Crippen molar-refractivity contribution in [2.45, 2.75) is 51.6 Å². The Balaban J connectivity index is 1.60. The summed E-state index contributed by atoms with van der Waals surface area (Å²) in [5, 5.41) is 5.57. The Kier molecular flexibility index (Phi) is 5.94. The molecule has 6 nitrogen and oxygen atoms in total. The van der Waals surface area contributed by atoms with Gasteiger partial charge in [0, 0.05) is 12.6 Å². The van der Waals surface area contributed by atoms with Crippen molar-refractivity contribution in [2.24, 2.45) is 5.92 Å². The summed E-state index contributed by atoms with van der Waals surface area (Å²) in [5.41, 5.74) is 1.49. The van der Waals surface area contributed by atoms with E-state index in [4.69, 9.17) is 0 Å². The standard InChI is InChI=1S/C18H26FN3O3S/c1-12-2-5-14(6-3-12)22-26(24,25)11-17(23)21-16-7-4-13-10-20-9-8-15(13)18(16)19/h4,7,12,14,20,22H,2-3,5-6,8-11H2,1H3,(H,21,23). The van der Waals surface area contributed by atoms with Crippen LogP contribution in [0, 0.1) is 11.7 Å². The second kappa shape index (κ2) is 8.02. The third kappa shape index (κ3) is 4.81. The van der Waals surface area contributed by atoms with Crippen LogP contribution in [0.4, 0.5) is 10.1 Å². The van der Waals surface area contributed by atoms with Crippen LogP contribution < -0.4 is 15.4 Å². The Morgan fingerprint density at radius 3 is 2.73 bits per heavy atom. The van der Waals surface area contributed by atoms with Crippen molar-refractivity contribution >= 4 is 21.6 Å². The molecule has 2 aliphatic rings. The first-order chi connectivity index (χ1) is 12.3. The molecule has 1 amide bonds. The molecule has 3 N–H and O–H groups in total. The topological polar surface area (TPSA) is 87.3 Å². The number of anilines is 1. The van der Waals surface area contributed by atoms with Crippen LogP contribution in [0.1, 0.15) is 43.7 Å². The molecule has 1 fully saturated rings. The number of amides is 1. The number of benzene rings is 1. The number of halogens is 1. The molecule has 3 rings (SSSR count). The van der Waals surface area contributed by atoms with Crippen LogP contribution in [0.5, 0.6) is 0 Å². The monoisotopic (exact) mass is 383 g/mol. The summed E-state index contributed by atoms with van der Waals surface area (Å²) in [7, 11) is -3.74. The van der Waals surface area contributed by atoms with Crippen LogP contribution in [0.3, 0.4) is 0 Å². The highest BCUT2D eigenvalue weighted by Gasteiger charge is 2.25. The van der Waals surface area contributed by atoms with Crippen molar-refractivity contribution in [2.75, 3.05) is 17.6 Å². The van der Waals surface area contributed by atoms with Gasteiger partial charge in [0.15, 0.2) is 0 Å². The molecule has 1 heterocycles. The third-order valence-corrected chi connectivity index (χ3v) is 6.50. The van der Waals surface area contributed by atoms with Crippen LogP contribution in [0.15, 0.2) is 12.1 Å². The molecule has 0 spiro atoms. The molecular weight excluding hydrogens is 357 g/mol. The highest BCUT2D eigenvalue weighted by Crippen LogP contribution is 2.25. The minimum Gasteiger partial charge on any atom is -0.323 e. The molecule has 0 saturated heterocycles. The van der Waals surface area contributed by atoms with Crippen molar-refractivity contribution in [3.8, 4) is 0 Å². The van der Waals surface area contributed by atoms with Crippen molar-refractivity contribution in [3.05, 3.63) is 29.1 Å². The zero-order valence-electron chi connectivity index (χ0n) is 15.0. The van der Waals surface area contributed by atoms with Crippen LogP contribution in [-0.4, -0.2) is 32.7 Å². The summed E-state index contributed by atoms with van der Waals surface area (Å²) in [5.74, 6) is -1.28. The normalized spacial score (nSPS) is 23.3. The Hall–Kier alpha value is -1.51. The van der Waals surface area contributed by atoms with Gasteiger partial charge in [-0.05, 0) is 61.8 Å². The minimum absolute atomic E-state index is 0.0392. The van der Waals surface area contributed by atoms with Gasteiger partial charge in [0.05, 0.1) is 5.69 Å². The third-order valence-electron chi connectivity index (χ3n) is 5.16. The fourth-order valence-corrected chi connectivity index (χ4v) is 4.91. The lowest BCUT2D eigenvalue weighted by Crippen LogP contribution is -2.41. The van der Waals surface area contributed by atoms with Crippen LogP contribution in [0.2, 0.25) is 0 Å². The van der Waals surface area contributed by atoms with Gasteiger partial charge in [0.25, 0.3) is 0 Å². The molecule has 0 bridgehead atoms. The average Bonchev–Trinajstić information content (AvgIpc) is 2.59. The van der Waals surface area contributed by atoms with E-state index in [0.717, 1.165) is 31.2 Å². The average molecular weight is 383 g/mol. The SMILES string of the molecule is CC1CCC(NS(=O)(=O)CC(=O)Nc2ccc3c(c2F)CCNC3)CC1. The first kappa shape index (κ1) is 19.3. The van der Waals surface area contributed by atoms with Crippen LogP contribution in [-0.2, 0) is 27.8 Å². The maximum atomic E-state index is 14.5. The Morgan fingerprint density at radius 2 is 2.00 bits per heavy atom. The number of nitrogens with one attached hydrogen (secondary N) is 3. The van der Waals surface area contributed by atoms with Crippen molar-refractivity contribution in [1.29, 1.82) is 0 Å². The van der Waals surface area contributed by atoms with Crippen LogP contribution >= 0.6 is 0 Å². The van der Waals surface area contributed by atoms with Crippen molar-refractivity contribution < 1.29 is 17.6 Å². The summed E-state index contributed by atoms with van der Waals surface area (Å²) in [4.78, 5) is 12.1. The lowest BCUT2D eigenvalue weighted by Gasteiger charge is -2.26. The van der Waals surface area contributed by atoms with E-state index in [-0.39, 0.29) is 11.7 Å². The number of hydrogen-bond acceptors (Lipinski definition) is 4. The van der Waals surface area contributed by atoms with Gasteiger partial charge in [0.2, 0.25) is 15.9 Å². The van der Waals surface area contributed by atoms with Gasteiger partial charge >= 0.3 is 0 Å². The van der Waals surface area contributed by atoms with E-state index in [2.05, 4.69) is 22.3 Å². The predicted octanol–water partition coefficient (Wildman–Crippen LogP) is 1.91. The van der Waals surface area contributed by atoms with Crippen molar-refractivity contribution in [3.63, 3.8) is 0 Å². The number of sulfonamides is 1. The molecule has 1 aliphatic heterocycles. The van der Waals surface area contributed by atoms with Crippen LogP contribution in [0.25, 0.3) is 0 Å². The van der Waals surface area contributed by atoms with E-state index < -0.39 is 27.5 Å². The summed E-state index contributed by atoms with van der Waals surface area (Å²) in [6.45, 7) is 3.43. The molecule has 0 unspecified atom stereocenters. The molecule has 26 heavy (non-hydrogen) atoms. The molecular formula is C18H26FN3O3S. The number of hydrogen-bond donors (Lipinski definition) is 3. The zero-order chi connectivity index (χ0) is 18.7. The Labute approximate surface area is 154 Å². The minimum atomic E-state index is -3.74. The van der Waals surface area contributed by atoms with E-state index in [1.165, 1.54) is 6.07 Å². The van der Waals surface area contributed by atoms with Gasteiger partial charge in [-0.25, -0.2) is 17.5 Å². The molecule has 144 valence electrons. The van der Waals surface area contributed by atoms with E-state index in [0.29, 0.717) is 31.0 Å². The smallest absolute Gasteiger partial charge is 0.241 e. The molecule has 1 saturated carbocycles. The number of carbonyl (C=O) groups is 1. The number of carbonyl (C=O) groups excluding carboxylic acids is 1. The van der Waals surface area contributed by atoms with Gasteiger partial charge in [-0.3, -0.25) is 4.79 Å². The first-order valence-corrected chi connectivity index (χ1v) is 10.8. The van der Waals surface area contributed by atoms with E-state index in [1.807, 2.05) is 0 Å². The Bertz CT molecular complexity index is 774. The second-order valence-corrected chi connectivity index (χ2v) is 9.13. The maximum absolute atomic E-state index is 14.5. The fourth-order valence-electron chi connectivity index (χ4n) is 3.66. The molecule has 0 radical (unpaired) electrons. The van der Waals surface area contributed by atoms with Crippen molar-refractivity contribution in [1.82, 2.24) is 10.0 Å². The molecule has 0 aromatic heterocycles. The van der Waals surface area contributed by atoms with E-state index >= 15 is 0 Å². The van der Waals surface area contributed by atoms with E-state index in [1.54, 1.807) is 6.07 Å². The Morgan fingerprint density at radius 1 is 1.27 bits per heavy atom. The largest absolute Gasteiger partial charge is 0.323 e. The summed E-state index contributed by atoms with van der Waals surface area (Å²) in [6.07, 6.45) is 4.08. The van der Waals surface area contributed by atoms with Gasteiger partial charge in [0.1, 0.15) is 11.6 Å². The lowest BCUT2D eigenvalue weighted by atomic mass is 9.88. The summed E-state index contributed by atoms with van der Waals surface area (Å²) < 4.78 is 41.6. The zero-order valence-corrected chi connectivity index (χ0v) is 15.8. The summed E-state index contributed by atoms with van der Waals surface area (Å²) in [6, 6.07) is 3.13. The molecule has 1 aliphatic carbocycles. The summed E-state index contributed by atoms with van der Waals surface area (Å²) >= 11 is 0. The van der Waals surface area contributed by atoms with Gasteiger partial charge in [-0.15, -0.1) is 0 Å². The predicted molar refractivity (Wildman–Crippen MR) is 98.8 cm³/mol. The highest BCUT2D eigenvalue weighted by atomic mass is 32.2. The fraction of sp³-hybridized carbons (Fsp3) is 0.611. The molecule has 1 aromatic carbocycles. The molecule has 1 aromatic rings. The highest BCUT2D eigenvalue weighted by molar-refractivity contribution is 7.90. The van der Waals surface area contributed by atoms with E-state index in [9.17, 15) is 17.6 Å². The number of fused-ring (bicyclic) bond motifs is 1. The van der Waals surface area contributed by atoms with Gasteiger partial charge < -0.3 is 10.6 Å². The first-order valence-electron chi connectivity index (χ1n) is 9.15. The van der Waals surface area contributed by atoms with Gasteiger partial charge in [-0.1, -0.05) is 13.0 Å². The second-order valence-electron chi connectivity index (χ2n) is 7.37. The maximum Gasteiger partial charge on any atom is 0.241 e. The lowest BCUT2D eigenvalue weighted by molar-refractivity contribution is -0.113. The number of rotatable bonds is 5. The quantitative estimate of drug-likeness (QED) is 0.725. The van der Waals surface area contributed by atoms with Gasteiger partial charge in [-0.2, -0.15) is 0 Å². The molecule has 0 atom stereocenters.